The molecule has 0 unspecified atom stereocenters. The van der Waals surface area contributed by atoms with Crippen LogP contribution in [0.2, 0.25) is 0 Å². The predicted molar refractivity (Wildman–Crippen MR) is 106 cm³/mol. The standard InChI is InChI=1S/C18H18N4O4S2/c1-12(23)20-15-10-14(8-9-16(15)27-2)28(24,25)19-11-17-21-18(22-26-17)13-6-4-3-5-7-13/h3-10,19H,11H2,1-2H3,(H,20,23). The number of rotatable bonds is 7. The summed E-state index contributed by atoms with van der Waals surface area (Å²) in [4.78, 5) is 16.3. The van der Waals surface area contributed by atoms with Gasteiger partial charge in [-0.15, -0.1) is 11.8 Å². The fraction of sp³-hybridized carbons (Fsp3) is 0.167. The Labute approximate surface area is 166 Å². The Bertz CT molecular complexity index is 1080. The van der Waals surface area contributed by atoms with Crippen LogP contribution >= 0.6 is 11.8 Å². The maximum absolute atomic E-state index is 12.6. The average Bonchev–Trinajstić information content (AvgIpc) is 3.16. The van der Waals surface area contributed by atoms with Gasteiger partial charge in [-0.2, -0.15) is 4.98 Å². The number of aromatic nitrogens is 2. The molecule has 1 heterocycles. The van der Waals surface area contributed by atoms with Gasteiger partial charge in [-0.25, -0.2) is 13.1 Å². The van der Waals surface area contributed by atoms with Crippen LogP contribution in [0.25, 0.3) is 11.4 Å². The average molecular weight is 419 g/mol. The van der Waals surface area contributed by atoms with E-state index in [0.717, 1.165) is 10.5 Å². The number of hydrogen-bond donors (Lipinski definition) is 2. The fourth-order valence-corrected chi connectivity index (χ4v) is 3.95. The highest BCUT2D eigenvalue weighted by atomic mass is 32.2. The zero-order chi connectivity index (χ0) is 20.1. The smallest absolute Gasteiger partial charge is 0.242 e. The number of thioether (sulfide) groups is 1. The molecule has 0 saturated heterocycles. The number of hydrogen-bond acceptors (Lipinski definition) is 7. The summed E-state index contributed by atoms with van der Waals surface area (Å²) in [5.41, 5.74) is 1.21. The van der Waals surface area contributed by atoms with Crippen LogP contribution in [0.15, 0.2) is 62.8 Å². The van der Waals surface area contributed by atoms with Gasteiger partial charge in [0.25, 0.3) is 0 Å². The van der Waals surface area contributed by atoms with E-state index in [1.165, 1.54) is 30.8 Å². The van der Waals surface area contributed by atoms with Gasteiger partial charge in [0.05, 0.1) is 17.1 Å². The second-order valence-corrected chi connectivity index (χ2v) is 8.36. The molecule has 1 amide bonds. The zero-order valence-electron chi connectivity index (χ0n) is 15.2. The molecule has 0 aliphatic heterocycles. The molecule has 0 saturated carbocycles. The van der Waals surface area contributed by atoms with Crippen molar-refractivity contribution in [2.45, 2.75) is 23.3 Å². The van der Waals surface area contributed by atoms with Crippen LogP contribution in [-0.4, -0.2) is 30.7 Å². The molecule has 1 aromatic heterocycles. The highest BCUT2D eigenvalue weighted by Gasteiger charge is 2.18. The number of carbonyl (C=O) groups is 1. The zero-order valence-corrected chi connectivity index (χ0v) is 16.8. The summed E-state index contributed by atoms with van der Waals surface area (Å²) in [6, 6.07) is 13.8. The molecule has 2 aromatic carbocycles. The summed E-state index contributed by atoms with van der Waals surface area (Å²) < 4.78 is 32.7. The SMILES string of the molecule is CSc1ccc(S(=O)(=O)NCc2nc(-c3ccccc3)no2)cc1NC(C)=O. The lowest BCUT2D eigenvalue weighted by molar-refractivity contribution is -0.114. The lowest BCUT2D eigenvalue weighted by atomic mass is 10.2. The summed E-state index contributed by atoms with van der Waals surface area (Å²) in [5.74, 6) is 0.245. The molecule has 0 fully saturated rings. The number of sulfonamides is 1. The maximum atomic E-state index is 12.6. The van der Waals surface area contributed by atoms with E-state index < -0.39 is 10.0 Å². The van der Waals surface area contributed by atoms with E-state index in [4.69, 9.17) is 4.52 Å². The minimum Gasteiger partial charge on any atom is -0.338 e. The molecule has 146 valence electrons. The molecule has 0 atom stereocenters. The van der Waals surface area contributed by atoms with Crippen LogP contribution in [0.4, 0.5) is 5.69 Å². The van der Waals surface area contributed by atoms with Crippen LogP contribution in [0, 0.1) is 0 Å². The Kier molecular flexibility index (Phi) is 6.12. The minimum atomic E-state index is -3.84. The first kappa shape index (κ1) is 20.1. The van der Waals surface area contributed by atoms with E-state index in [9.17, 15) is 13.2 Å². The molecule has 3 rings (SSSR count). The monoisotopic (exact) mass is 418 g/mol. The molecule has 28 heavy (non-hydrogen) atoms. The second kappa shape index (κ2) is 8.55. The molecular formula is C18H18N4O4S2. The van der Waals surface area contributed by atoms with Gasteiger partial charge < -0.3 is 9.84 Å². The second-order valence-electron chi connectivity index (χ2n) is 5.75. The highest BCUT2D eigenvalue weighted by molar-refractivity contribution is 7.98. The van der Waals surface area contributed by atoms with Crippen molar-refractivity contribution in [3.05, 3.63) is 54.4 Å². The van der Waals surface area contributed by atoms with Crippen molar-refractivity contribution < 1.29 is 17.7 Å². The van der Waals surface area contributed by atoms with Crippen LogP contribution in [0.1, 0.15) is 12.8 Å². The van der Waals surface area contributed by atoms with Crippen molar-refractivity contribution in [3.8, 4) is 11.4 Å². The van der Waals surface area contributed by atoms with E-state index in [0.29, 0.717) is 11.5 Å². The van der Waals surface area contributed by atoms with E-state index in [1.807, 2.05) is 36.6 Å². The number of amides is 1. The van der Waals surface area contributed by atoms with Crippen LogP contribution in [0.3, 0.4) is 0 Å². The lowest BCUT2D eigenvalue weighted by Gasteiger charge is -2.11. The molecule has 0 bridgehead atoms. The molecule has 0 aliphatic carbocycles. The van der Waals surface area contributed by atoms with E-state index >= 15 is 0 Å². The first-order chi connectivity index (χ1) is 13.4. The topological polar surface area (TPSA) is 114 Å². The molecule has 10 heteroatoms. The largest absolute Gasteiger partial charge is 0.338 e. The van der Waals surface area contributed by atoms with Crippen molar-refractivity contribution in [1.29, 1.82) is 0 Å². The summed E-state index contributed by atoms with van der Waals surface area (Å²) in [6.07, 6.45) is 1.84. The number of benzene rings is 2. The van der Waals surface area contributed by atoms with Gasteiger partial charge in [0.15, 0.2) is 0 Å². The Balaban J connectivity index is 1.75. The first-order valence-corrected chi connectivity index (χ1v) is 10.9. The third-order valence-corrected chi connectivity index (χ3v) is 5.90. The van der Waals surface area contributed by atoms with Crippen molar-refractivity contribution in [1.82, 2.24) is 14.9 Å². The number of anilines is 1. The van der Waals surface area contributed by atoms with Crippen LogP contribution < -0.4 is 10.0 Å². The van der Waals surface area contributed by atoms with E-state index in [-0.39, 0.29) is 23.2 Å². The fourth-order valence-electron chi connectivity index (χ4n) is 2.41. The third kappa shape index (κ3) is 4.77. The van der Waals surface area contributed by atoms with Crippen molar-refractivity contribution >= 4 is 33.4 Å². The van der Waals surface area contributed by atoms with Gasteiger partial charge in [-0.3, -0.25) is 4.79 Å². The van der Waals surface area contributed by atoms with E-state index in [1.54, 1.807) is 6.07 Å². The molecule has 0 radical (unpaired) electrons. The Morgan fingerprint density at radius 2 is 1.93 bits per heavy atom. The number of nitrogens with zero attached hydrogens (tertiary/aromatic N) is 2. The molecule has 8 nitrogen and oxygen atoms in total. The first-order valence-electron chi connectivity index (χ1n) is 8.22. The van der Waals surface area contributed by atoms with Gasteiger partial charge in [0.2, 0.25) is 27.6 Å². The molecule has 2 N–H and O–H groups in total. The molecular weight excluding hydrogens is 400 g/mol. The highest BCUT2D eigenvalue weighted by Crippen LogP contribution is 2.28. The van der Waals surface area contributed by atoms with Gasteiger partial charge in [-0.1, -0.05) is 35.5 Å². The minimum absolute atomic E-state index is 0.0249. The summed E-state index contributed by atoms with van der Waals surface area (Å²) >= 11 is 1.40. The Hall–Kier alpha value is -2.69. The van der Waals surface area contributed by atoms with Crippen molar-refractivity contribution in [2.24, 2.45) is 0 Å². The quantitative estimate of drug-likeness (QED) is 0.567. The summed E-state index contributed by atoms with van der Waals surface area (Å²) in [6.45, 7) is 1.21. The molecule has 3 aromatic rings. The molecule has 0 aliphatic rings. The van der Waals surface area contributed by atoms with Gasteiger partial charge in [0, 0.05) is 17.4 Å². The number of carbonyl (C=O) groups excluding carboxylic acids is 1. The van der Waals surface area contributed by atoms with Crippen molar-refractivity contribution in [2.75, 3.05) is 11.6 Å². The third-order valence-electron chi connectivity index (χ3n) is 3.71. The normalized spacial score (nSPS) is 11.4. The van der Waals surface area contributed by atoms with Crippen LogP contribution in [-0.2, 0) is 21.4 Å². The number of nitrogens with one attached hydrogen (secondary N) is 2. The molecule has 0 spiro atoms. The Morgan fingerprint density at radius 3 is 2.61 bits per heavy atom. The van der Waals surface area contributed by atoms with Crippen molar-refractivity contribution in [3.63, 3.8) is 0 Å². The summed E-state index contributed by atoms with van der Waals surface area (Å²) in [7, 11) is -3.84. The maximum Gasteiger partial charge on any atom is 0.242 e. The summed E-state index contributed by atoms with van der Waals surface area (Å²) in [5, 5.41) is 6.50. The van der Waals surface area contributed by atoms with Gasteiger partial charge in [0.1, 0.15) is 0 Å². The van der Waals surface area contributed by atoms with Crippen LogP contribution in [0.5, 0.6) is 0 Å². The predicted octanol–water partition coefficient (Wildman–Crippen LogP) is 2.90. The van der Waals surface area contributed by atoms with Gasteiger partial charge in [-0.05, 0) is 24.5 Å². The Morgan fingerprint density at radius 1 is 1.18 bits per heavy atom. The van der Waals surface area contributed by atoms with E-state index in [2.05, 4.69) is 20.2 Å². The van der Waals surface area contributed by atoms with Gasteiger partial charge >= 0.3 is 0 Å². The lowest BCUT2D eigenvalue weighted by Crippen LogP contribution is -2.23.